The maximum absolute atomic E-state index is 12.4. The second-order valence-electron chi connectivity index (χ2n) is 7.52. The lowest BCUT2D eigenvalue weighted by molar-refractivity contribution is -0.129. The Kier molecular flexibility index (Phi) is 6.44. The molecule has 1 unspecified atom stereocenters. The van der Waals surface area contributed by atoms with E-state index in [0.29, 0.717) is 17.8 Å². The predicted molar refractivity (Wildman–Crippen MR) is 107 cm³/mol. The minimum Gasteiger partial charge on any atom is -0.449 e. The van der Waals surface area contributed by atoms with Crippen LogP contribution >= 0.6 is 0 Å². The number of nitrogens with one attached hydrogen (secondary N) is 1. The monoisotopic (exact) mass is 384 g/mol. The Morgan fingerprint density at radius 2 is 2.07 bits per heavy atom. The van der Waals surface area contributed by atoms with Gasteiger partial charge in [-0.3, -0.25) is 4.79 Å². The van der Waals surface area contributed by atoms with Gasteiger partial charge >= 0.3 is 5.97 Å². The van der Waals surface area contributed by atoms with Crippen LogP contribution in [-0.2, 0) is 9.53 Å². The molecule has 0 saturated carbocycles. The van der Waals surface area contributed by atoms with E-state index >= 15 is 0 Å². The lowest BCUT2D eigenvalue weighted by Crippen LogP contribution is -2.36. The molecule has 1 aliphatic carbocycles. The SMILES string of the molecule is CC(OC(=O)c1cnc2c(cnn2C(C)C)c1)C(=O)NCCC1=CCCCC1. The maximum Gasteiger partial charge on any atom is 0.340 e. The average Bonchev–Trinajstić information content (AvgIpc) is 3.12. The second kappa shape index (κ2) is 8.99. The number of nitrogens with zero attached hydrogens (tertiary/aromatic N) is 3. The topological polar surface area (TPSA) is 86.1 Å². The summed E-state index contributed by atoms with van der Waals surface area (Å²) in [4.78, 5) is 28.9. The number of pyridine rings is 1. The van der Waals surface area contributed by atoms with Crippen molar-refractivity contribution in [2.24, 2.45) is 0 Å². The zero-order valence-corrected chi connectivity index (χ0v) is 16.8. The third-order valence-electron chi connectivity index (χ3n) is 4.94. The van der Waals surface area contributed by atoms with E-state index in [4.69, 9.17) is 4.74 Å². The van der Waals surface area contributed by atoms with Crippen molar-refractivity contribution in [2.45, 2.75) is 65.0 Å². The first-order valence-corrected chi connectivity index (χ1v) is 9.95. The van der Waals surface area contributed by atoms with Crippen molar-refractivity contribution in [3.63, 3.8) is 0 Å². The van der Waals surface area contributed by atoms with E-state index in [2.05, 4.69) is 21.5 Å². The highest BCUT2D eigenvalue weighted by atomic mass is 16.5. The van der Waals surface area contributed by atoms with Gasteiger partial charge in [0.15, 0.2) is 11.8 Å². The number of amides is 1. The average molecular weight is 384 g/mol. The number of rotatable bonds is 7. The third kappa shape index (κ3) is 4.77. The van der Waals surface area contributed by atoms with Crippen LogP contribution in [0.2, 0.25) is 0 Å². The fourth-order valence-corrected chi connectivity index (χ4v) is 3.33. The molecule has 0 aliphatic heterocycles. The van der Waals surface area contributed by atoms with Crippen LogP contribution in [0, 0.1) is 0 Å². The van der Waals surface area contributed by atoms with Gasteiger partial charge in [-0.05, 0) is 58.9 Å². The quantitative estimate of drug-likeness (QED) is 0.583. The molecule has 1 amide bonds. The third-order valence-corrected chi connectivity index (χ3v) is 4.94. The minimum absolute atomic E-state index is 0.177. The Morgan fingerprint density at radius 1 is 1.25 bits per heavy atom. The van der Waals surface area contributed by atoms with Gasteiger partial charge in [0, 0.05) is 24.2 Å². The largest absolute Gasteiger partial charge is 0.449 e. The Balaban J connectivity index is 1.53. The Morgan fingerprint density at radius 3 is 2.79 bits per heavy atom. The van der Waals surface area contributed by atoms with Crippen LogP contribution in [0.25, 0.3) is 11.0 Å². The highest BCUT2D eigenvalue weighted by molar-refractivity contribution is 5.94. The van der Waals surface area contributed by atoms with Gasteiger partial charge in [0.1, 0.15) is 0 Å². The number of carbonyl (C=O) groups is 2. The molecule has 28 heavy (non-hydrogen) atoms. The van der Waals surface area contributed by atoms with E-state index < -0.39 is 12.1 Å². The van der Waals surface area contributed by atoms with Gasteiger partial charge in [-0.1, -0.05) is 11.6 Å². The van der Waals surface area contributed by atoms with Crippen LogP contribution in [0.4, 0.5) is 0 Å². The van der Waals surface area contributed by atoms with E-state index in [9.17, 15) is 9.59 Å². The van der Waals surface area contributed by atoms with Gasteiger partial charge < -0.3 is 10.1 Å². The van der Waals surface area contributed by atoms with Crippen LogP contribution in [0.15, 0.2) is 30.1 Å². The molecular formula is C21H28N4O3. The summed E-state index contributed by atoms with van der Waals surface area (Å²) in [7, 11) is 0. The number of ether oxygens (including phenoxy) is 1. The van der Waals surface area contributed by atoms with E-state index in [1.165, 1.54) is 24.6 Å². The number of esters is 1. The number of allylic oxidation sites excluding steroid dienone is 1. The molecule has 150 valence electrons. The van der Waals surface area contributed by atoms with Crippen LogP contribution in [0.5, 0.6) is 0 Å². The second-order valence-corrected chi connectivity index (χ2v) is 7.52. The van der Waals surface area contributed by atoms with Crippen LogP contribution in [0.1, 0.15) is 69.3 Å². The molecule has 0 radical (unpaired) electrons. The van der Waals surface area contributed by atoms with Gasteiger partial charge in [0.05, 0.1) is 11.8 Å². The molecule has 2 aromatic rings. The summed E-state index contributed by atoms with van der Waals surface area (Å²) in [5, 5.41) is 7.90. The summed E-state index contributed by atoms with van der Waals surface area (Å²) in [6, 6.07) is 1.87. The molecule has 0 aromatic carbocycles. The highest BCUT2D eigenvalue weighted by Crippen LogP contribution is 2.19. The lowest BCUT2D eigenvalue weighted by Gasteiger charge is -2.15. The maximum atomic E-state index is 12.4. The standard InChI is InChI=1S/C21H28N4O3/c1-14(2)25-19-17(13-24-25)11-18(12-23-19)21(27)28-15(3)20(26)22-10-9-16-7-5-4-6-8-16/h7,11-15H,4-6,8-10H2,1-3H3,(H,22,26). The van der Waals surface area contributed by atoms with Gasteiger partial charge in [0.25, 0.3) is 5.91 Å². The molecule has 7 heteroatoms. The number of hydrogen-bond acceptors (Lipinski definition) is 5. The molecule has 0 bridgehead atoms. The van der Waals surface area contributed by atoms with Crippen molar-refractivity contribution >= 4 is 22.9 Å². The normalized spacial score (nSPS) is 15.4. The Bertz CT molecular complexity index is 885. The lowest BCUT2D eigenvalue weighted by atomic mass is 9.97. The van der Waals surface area contributed by atoms with Crippen molar-refractivity contribution in [3.8, 4) is 0 Å². The zero-order valence-electron chi connectivity index (χ0n) is 16.8. The predicted octanol–water partition coefficient (Wildman–Crippen LogP) is 3.56. The highest BCUT2D eigenvalue weighted by Gasteiger charge is 2.20. The van der Waals surface area contributed by atoms with Crippen molar-refractivity contribution in [1.29, 1.82) is 0 Å². The number of hydrogen-bond donors (Lipinski definition) is 1. The van der Waals surface area contributed by atoms with Gasteiger partial charge in [0.2, 0.25) is 0 Å². The fraction of sp³-hybridized carbons (Fsp3) is 0.524. The summed E-state index contributed by atoms with van der Waals surface area (Å²) in [5.41, 5.74) is 2.43. The molecule has 1 atom stereocenters. The number of carbonyl (C=O) groups excluding carboxylic acids is 2. The molecule has 3 rings (SSSR count). The molecule has 0 fully saturated rings. The smallest absolute Gasteiger partial charge is 0.340 e. The van der Waals surface area contributed by atoms with Crippen molar-refractivity contribution < 1.29 is 14.3 Å². The fourth-order valence-electron chi connectivity index (χ4n) is 3.33. The van der Waals surface area contributed by atoms with Gasteiger partial charge in [-0.25, -0.2) is 14.5 Å². The number of fused-ring (bicyclic) bond motifs is 1. The van der Waals surface area contributed by atoms with Gasteiger partial charge in [-0.15, -0.1) is 0 Å². The molecule has 2 aromatic heterocycles. The summed E-state index contributed by atoms with van der Waals surface area (Å²) in [6.07, 6.45) is 10.1. The minimum atomic E-state index is -0.859. The molecule has 0 saturated heterocycles. The molecular weight excluding hydrogens is 356 g/mol. The number of aromatic nitrogens is 3. The summed E-state index contributed by atoms with van der Waals surface area (Å²) < 4.78 is 7.11. The molecule has 0 spiro atoms. The summed E-state index contributed by atoms with van der Waals surface area (Å²) in [6.45, 7) is 6.17. The Hall–Kier alpha value is -2.70. The van der Waals surface area contributed by atoms with Crippen LogP contribution in [-0.4, -0.2) is 39.3 Å². The molecule has 2 heterocycles. The van der Waals surface area contributed by atoms with E-state index in [1.54, 1.807) is 23.9 Å². The van der Waals surface area contributed by atoms with E-state index in [1.807, 2.05) is 13.8 Å². The Labute approximate surface area is 165 Å². The van der Waals surface area contributed by atoms with Crippen LogP contribution < -0.4 is 5.32 Å². The van der Waals surface area contributed by atoms with Gasteiger partial charge in [-0.2, -0.15) is 5.10 Å². The van der Waals surface area contributed by atoms with Crippen molar-refractivity contribution in [2.75, 3.05) is 6.54 Å². The van der Waals surface area contributed by atoms with E-state index in [-0.39, 0.29) is 11.9 Å². The summed E-state index contributed by atoms with van der Waals surface area (Å²) >= 11 is 0. The molecule has 1 N–H and O–H groups in total. The van der Waals surface area contributed by atoms with Crippen LogP contribution in [0.3, 0.4) is 0 Å². The van der Waals surface area contributed by atoms with Crippen molar-refractivity contribution in [3.05, 3.63) is 35.7 Å². The molecule has 1 aliphatic rings. The summed E-state index contributed by atoms with van der Waals surface area (Å²) in [5.74, 6) is -0.851. The van der Waals surface area contributed by atoms with E-state index in [0.717, 1.165) is 24.6 Å². The molecule has 7 nitrogen and oxygen atoms in total. The zero-order chi connectivity index (χ0) is 20.1. The first-order valence-electron chi connectivity index (χ1n) is 9.95. The van der Waals surface area contributed by atoms with Crippen molar-refractivity contribution in [1.82, 2.24) is 20.1 Å². The first-order chi connectivity index (χ1) is 13.5. The first kappa shape index (κ1) is 20.0.